The zero-order chi connectivity index (χ0) is 13.7. The first-order valence-corrected chi connectivity index (χ1v) is 7.25. The molecule has 1 heterocycles. The minimum atomic E-state index is 0.212. The van der Waals surface area contributed by atoms with Crippen molar-refractivity contribution >= 4 is 5.91 Å². The minimum absolute atomic E-state index is 0.212. The third-order valence-electron chi connectivity index (χ3n) is 3.83. The van der Waals surface area contributed by atoms with Gasteiger partial charge in [-0.3, -0.25) is 4.79 Å². The number of likely N-dealkylation sites (N-methyl/N-ethyl adjacent to an activating group) is 1. The van der Waals surface area contributed by atoms with Crippen LogP contribution in [0.15, 0.2) is 30.3 Å². The summed E-state index contributed by atoms with van der Waals surface area (Å²) in [5, 5.41) is 0. The lowest BCUT2D eigenvalue weighted by Gasteiger charge is -2.40. The van der Waals surface area contributed by atoms with Crippen LogP contribution in [0, 0.1) is 0 Å². The SMILES string of the molecule is CCCCC(=O)N1CCN(C)CC1c1ccccc1. The van der Waals surface area contributed by atoms with Crippen molar-refractivity contribution in [2.24, 2.45) is 0 Å². The Kier molecular flexibility index (Phi) is 4.97. The molecule has 0 aromatic heterocycles. The van der Waals surface area contributed by atoms with Crippen LogP contribution in [0.4, 0.5) is 0 Å². The smallest absolute Gasteiger partial charge is 0.223 e. The van der Waals surface area contributed by atoms with E-state index in [1.807, 2.05) is 6.07 Å². The Morgan fingerprint density at radius 2 is 2.00 bits per heavy atom. The zero-order valence-electron chi connectivity index (χ0n) is 12.0. The van der Waals surface area contributed by atoms with Gasteiger partial charge in [0.05, 0.1) is 6.04 Å². The number of carbonyl (C=O) groups excluding carboxylic acids is 1. The van der Waals surface area contributed by atoms with Gasteiger partial charge in [-0.05, 0) is 19.0 Å². The molecule has 0 aliphatic carbocycles. The molecule has 1 aliphatic heterocycles. The quantitative estimate of drug-likeness (QED) is 0.831. The van der Waals surface area contributed by atoms with E-state index in [-0.39, 0.29) is 6.04 Å². The summed E-state index contributed by atoms with van der Waals surface area (Å²) >= 11 is 0. The van der Waals surface area contributed by atoms with Crippen LogP contribution in [0.5, 0.6) is 0 Å². The number of amides is 1. The topological polar surface area (TPSA) is 23.6 Å². The van der Waals surface area contributed by atoms with E-state index in [0.717, 1.165) is 32.5 Å². The lowest BCUT2D eigenvalue weighted by molar-refractivity contribution is -0.136. The van der Waals surface area contributed by atoms with Crippen molar-refractivity contribution < 1.29 is 4.79 Å². The molecule has 3 nitrogen and oxygen atoms in total. The summed E-state index contributed by atoms with van der Waals surface area (Å²) in [4.78, 5) is 16.7. The van der Waals surface area contributed by atoms with E-state index >= 15 is 0 Å². The lowest BCUT2D eigenvalue weighted by atomic mass is 10.0. The molecule has 2 rings (SSSR count). The zero-order valence-corrected chi connectivity index (χ0v) is 12.0. The highest BCUT2D eigenvalue weighted by molar-refractivity contribution is 5.76. The average molecular weight is 260 g/mol. The van der Waals surface area contributed by atoms with Gasteiger partial charge in [-0.15, -0.1) is 0 Å². The van der Waals surface area contributed by atoms with Crippen LogP contribution in [0.1, 0.15) is 37.8 Å². The molecule has 0 N–H and O–H groups in total. The monoisotopic (exact) mass is 260 g/mol. The van der Waals surface area contributed by atoms with Gasteiger partial charge in [-0.1, -0.05) is 43.7 Å². The molecule has 1 aromatic rings. The summed E-state index contributed by atoms with van der Waals surface area (Å²) in [6.45, 7) is 4.88. The molecular formula is C16H24N2O. The molecule has 1 aliphatic rings. The third-order valence-corrected chi connectivity index (χ3v) is 3.83. The van der Waals surface area contributed by atoms with Gasteiger partial charge in [0.25, 0.3) is 0 Å². The van der Waals surface area contributed by atoms with Gasteiger partial charge in [0.2, 0.25) is 5.91 Å². The Balaban J connectivity index is 2.13. The Bertz CT molecular complexity index is 404. The van der Waals surface area contributed by atoms with Crippen LogP contribution in [-0.4, -0.2) is 42.4 Å². The molecule has 1 unspecified atom stereocenters. The van der Waals surface area contributed by atoms with Crippen molar-refractivity contribution in [3.63, 3.8) is 0 Å². The summed E-state index contributed by atoms with van der Waals surface area (Å²) < 4.78 is 0. The maximum absolute atomic E-state index is 12.4. The summed E-state index contributed by atoms with van der Waals surface area (Å²) in [5.74, 6) is 0.309. The maximum atomic E-state index is 12.4. The molecule has 104 valence electrons. The van der Waals surface area contributed by atoms with E-state index < -0.39 is 0 Å². The van der Waals surface area contributed by atoms with Gasteiger partial charge in [0.1, 0.15) is 0 Å². The molecule has 1 aromatic carbocycles. The molecule has 1 amide bonds. The van der Waals surface area contributed by atoms with Gasteiger partial charge in [-0.25, -0.2) is 0 Å². The van der Waals surface area contributed by atoms with E-state index in [1.54, 1.807) is 0 Å². The molecule has 19 heavy (non-hydrogen) atoms. The number of hydrogen-bond acceptors (Lipinski definition) is 2. The fourth-order valence-corrected chi connectivity index (χ4v) is 2.65. The van der Waals surface area contributed by atoms with Gasteiger partial charge in [0, 0.05) is 26.1 Å². The number of benzene rings is 1. The Labute approximate surface area is 116 Å². The predicted molar refractivity (Wildman–Crippen MR) is 77.9 cm³/mol. The van der Waals surface area contributed by atoms with E-state index in [1.165, 1.54) is 5.56 Å². The van der Waals surface area contributed by atoms with Gasteiger partial charge in [-0.2, -0.15) is 0 Å². The average Bonchev–Trinajstić information content (AvgIpc) is 2.45. The fraction of sp³-hybridized carbons (Fsp3) is 0.562. The highest BCUT2D eigenvalue weighted by Crippen LogP contribution is 2.25. The fourth-order valence-electron chi connectivity index (χ4n) is 2.65. The molecule has 0 bridgehead atoms. The molecule has 1 fully saturated rings. The molecular weight excluding hydrogens is 236 g/mol. The third kappa shape index (κ3) is 3.57. The summed E-state index contributed by atoms with van der Waals surface area (Å²) in [7, 11) is 2.13. The first-order valence-electron chi connectivity index (χ1n) is 7.25. The second-order valence-electron chi connectivity index (χ2n) is 5.38. The van der Waals surface area contributed by atoms with Crippen LogP contribution in [0.25, 0.3) is 0 Å². The lowest BCUT2D eigenvalue weighted by Crippen LogP contribution is -2.49. The van der Waals surface area contributed by atoms with Crippen molar-refractivity contribution in [3.05, 3.63) is 35.9 Å². The minimum Gasteiger partial charge on any atom is -0.333 e. The number of carbonyl (C=O) groups is 1. The normalized spacial score (nSPS) is 20.5. The molecule has 1 saturated heterocycles. The molecule has 3 heteroatoms. The van der Waals surface area contributed by atoms with Gasteiger partial charge < -0.3 is 9.80 Å². The largest absolute Gasteiger partial charge is 0.333 e. The van der Waals surface area contributed by atoms with Crippen molar-refractivity contribution in [2.75, 3.05) is 26.7 Å². The van der Waals surface area contributed by atoms with Gasteiger partial charge in [0.15, 0.2) is 0 Å². The molecule has 1 atom stereocenters. The van der Waals surface area contributed by atoms with Crippen LogP contribution in [-0.2, 0) is 4.79 Å². The first-order chi connectivity index (χ1) is 9.22. The van der Waals surface area contributed by atoms with Crippen molar-refractivity contribution in [3.8, 4) is 0 Å². The highest BCUT2D eigenvalue weighted by Gasteiger charge is 2.29. The first kappa shape index (κ1) is 14.1. The van der Waals surface area contributed by atoms with Gasteiger partial charge >= 0.3 is 0 Å². The summed E-state index contributed by atoms with van der Waals surface area (Å²) in [6, 6.07) is 10.6. The molecule has 0 spiro atoms. The number of unbranched alkanes of at least 4 members (excludes halogenated alkanes) is 1. The molecule has 0 saturated carbocycles. The van der Waals surface area contributed by atoms with Crippen LogP contribution < -0.4 is 0 Å². The Hall–Kier alpha value is -1.35. The van der Waals surface area contributed by atoms with Crippen molar-refractivity contribution in [2.45, 2.75) is 32.2 Å². The van der Waals surface area contributed by atoms with E-state index in [2.05, 4.69) is 48.0 Å². The summed E-state index contributed by atoms with van der Waals surface area (Å²) in [5.41, 5.74) is 1.25. The Morgan fingerprint density at radius 1 is 1.26 bits per heavy atom. The second kappa shape index (κ2) is 6.71. The highest BCUT2D eigenvalue weighted by atomic mass is 16.2. The number of nitrogens with zero attached hydrogens (tertiary/aromatic N) is 2. The van der Waals surface area contributed by atoms with Crippen LogP contribution in [0.2, 0.25) is 0 Å². The maximum Gasteiger partial charge on any atom is 0.223 e. The standard InChI is InChI=1S/C16H24N2O/c1-3-4-10-16(19)18-12-11-17(2)13-15(18)14-8-6-5-7-9-14/h5-9,15H,3-4,10-13H2,1-2H3. The number of piperazine rings is 1. The van der Waals surface area contributed by atoms with E-state index in [9.17, 15) is 4.79 Å². The Morgan fingerprint density at radius 3 is 2.68 bits per heavy atom. The van der Waals surface area contributed by atoms with E-state index in [0.29, 0.717) is 12.3 Å². The van der Waals surface area contributed by atoms with Crippen molar-refractivity contribution in [1.29, 1.82) is 0 Å². The van der Waals surface area contributed by atoms with E-state index in [4.69, 9.17) is 0 Å². The number of hydrogen-bond donors (Lipinski definition) is 0. The number of rotatable bonds is 4. The molecule has 0 radical (unpaired) electrons. The van der Waals surface area contributed by atoms with Crippen molar-refractivity contribution in [1.82, 2.24) is 9.80 Å². The van der Waals surface area contributed by atoms with Crippen LogP contribution >= 0.6 is 0 Å². The predicted octanol–water partition coefficient (Wildman–Crippen LogP) is 2.69. The second-order valence-corrected chi connectivity index (χ2v) is 5.38. The van der Waals surface area contributed by atoms with Crippen LogP contribution in [0.3, 0.4) is 0 Å². The summed E-state index contributed by atoms with van der Waals surface area (Å²) in [6.07, 6.45) is 2.76.